The first-order valence-electron chi connectivity index (χ1n) is 3.07. The summed E-state index contributed by atoms with van der Waals surface area (Å²) in [6.07, 6.45) is 5.22. The zero-order valence-corrected chi connectivity index (χ0v) is 6.30. The van der Waals surface area contributed by atoms with E-state index in [1.807, 2.05) is 29.7 Å². The van der Waals surface area contributed by atoms with Crippen LogP contribution >= 0.6 is 11.3 Å². The van der Waals surface area contributed by atoms with E-state index in [9.17, 15) is 4.79 Å². The van der Waals surface area contributed by atoms with Gasteiger partial charge in [-0.05, 0) is 17.5 Å². The minimum atomic E-state index is 0.512. The average molecular weight is 152 g/mol. The van der Waals surface area contributed by atoms with Crippen LogP contribution in [-0.4, -0.2) is 6.29 Å². The second-order valence-electron chi connectivity index (χ2n) is 1.82. The van der Waals surface area contributed by atoms with Gasteiger partial charge in [0.05, 0.1) is 0 Å². The number of hydrogen-bond donors (Lipinski definition) is 0. The molecule has 1 heterocycles. The highest BCUT2D eigenvalue weighted by Crippen LogP contribution is 2.09. The van der Waals surface area contributed by atoms with Crippen molar-refractivity contribution < 1.29 is 4.79 Å². The molecule has 0 amide bonds. The van der Waals surface area contributed by atoms with Gasteiger partial charge in [0.1, 0.15) is 6.29 Å². The van der Waals surface area contributed by atoms with Gasteiger partial charge in [0.25, 0.3) is 0 Å². The second kappa shape index (κ2) is 4.01. The number of rotatable bonds is 3. The molecule has 1 nitrogen and oxygen atoms in total. The minimum absolute atomic E-state index is 0.512. The van der Waals surface area contributed by atoms with E-state index in [4.69, 9.17) is 0 Å². The van der Waals surface area contributed by atoms with E-state index in [2.05, 4.69) is 0 Å². The first-order valence-corrected chi connectivity index (χ1v) is 3.95. The Kier molecular flexibility index (Phi) is 2.90. The fourth-order valence-electron chi connectivity index (χ4n) is 0.626. The standard InChI is InChI=1S/C8H8OS/c9-6-2-1-4-8-5-3-7-10-8/h1,3-7H,2H2/b4-1+. The van der Waals surface area contributed by atoms with Crippen LogP contribution in [0.4, 0.5) is 0 Å². The maximum atomic E-state index is 9.89. The number of hydrogen-bond acceptors (Lipinski definition) is 2. The highest BCUT2D eigenvalue weighted by atomic mass is 32.1. The summed E-state index contributed by atoms with van der Waals surface area (Å²) < 4.78 is 0. The molecule has 1 aromatic heterocycles. The Morgan fingerprint density at radius 2 is 2.50 bits per heavy atom. The molecule has 0 atom stereocenters. The van der Waals surface area contributed by atoms with Crippen molar-refractivity contribution in [3.05, 3.63) is 28.5 Å². The van der Waals surface area contributed by atoms with Gasteiger partial charge in [0.2, 0.25) is 0 Å². The van der Waals surface area contributed by atoms with Crippen molar-refractivity contribution in [3.8, 4) is 0 Å². The average Bonchev–Trinajstić information content (AvgIpc) is 2.41. The van der Waals surface area contributed by atoms with Crippen LogP contribution in [0.15, 0.2) is 23.6 Å². The molecule has 2 heteroatoms. The maximum absolute atomic E-state index is 9.89. The first-order chi connectivity index (χ1) is 4.93. The van der Waals surface area contributed by atoms with Gasteiger partial charge in [-0.15, -0.1) is 11.3 Å². The van der Waals surface area contributed by atoms with Crippen molar-refractivity contribution in [2.75, 3.05) is 0 Å². The van der Waals surface area contributed by atoms with Gasteiger partial charge in [-0.3, -0.25) is 0 Å². The van der Waals surface area contributed by atoms with Crippen LogP contribution < -0.4 is 0 Å². The molecule has 10 heavy (non-hydrogen) atoms. The summed E-state index contributed by atoms with van der Waals surface area (Å²) >= 11 is 1.67. The molecule has 0 aromatic carbocycles. The Bertz CT molecular complexity index is 211. The molecule has 0 radical (unpaired) electrons. The molecule has 0 unspecified atom stereocenters. The number of carbonyl (C=O) groups is 1. The predicted molar refractivity (Wildman–Crippen MR) is 44.0 cm³/mol. The highest BCUT2D eigenvalue weighted by molar-refractivity contribution is 7.10. The van der Waals surface area contributed by atoms with E-state index in [-0.39, 0.29) is 0 Å². The van der Waals surface area contributed by atoms with Crippen molar-refractivity contribution in [2.24, 2.45) is 0 Å². The summed E-state index contributed by atoms with van der Waals surface area (Å²) in [5.41, 5.74) is 0. The summed E-state index contributed by atoms with van der Waals surface area (Å²) in [4.78, 5) is 11.1. The Morgan fingerprint density at radius 3 is 3.10 bits per heavy atom. The van der Waals surface area contributed by atoms with Crippen LogP contribution in [0.25, 0.3) is 6.08 Å². The van der Waals surface area contributed by atoms with Crippen molar-refractivity contribution in [3.63, 3.8) is 0 Å². The highest BCUT2D eigenvalue weighted by Gasteiger charge is 1.82. The largest absolute Gasteiger partial charge is 0.303 e. The number of carbonyl (C=O) groups excluding carboxylic acids is 1. The van der Waals surface area contributed by atoms with E-state index < -0.39 is 0 Å². The van der Waals surface area contributed by atoms with E-state index >= 15 is 0 Å². The van der Waals surface area contributed by atoms with Crippen LogP contribution in [-0.2, 0) is 4.79 Å². The molecule has 0 aliphatic carbocycles. The quantitative estimate of drug-likeness (QED) is 0.607. The van der Waals surface area contributed by atoms with Gasteiger partial charge in [-0.2, -0.15) is 0 Å². The first kappa shape index (κ1) is 7.22. The van der Waals surface area contributed by atoms with E-state index in [0.717, 1.165) is 6.29 Å². The third-order valence-corrected chi connectivity index (χ3v) is 1.90. The van der Waals surface area contributed by atoms with Gasteiger partial charge in [-0.1, -0.05) is 12.1 Å². The monoisotopic (exact) mass is 152 g/mol. The Labute approximate surface area is 64.0 Å². The van der Waals surface area contributed by atoms with E-state index in [1.165, 1.54) is 4.88 Å². The molecule has 52 valence electrons. The Balaban J connectivity index is 2.47. The van der Waals surface area contributed by atoms with Crippen LogP contribution in [0.1, 0.15) is 11.3 Å². The van der Waals surface area contributed by atoms with Gasteiger partial charge in [0.15, 0.2) is 0 Å². The predicted octanol–water partition coefficient (Wildman–Crippen LogP) is 2.35. The van der Waals surface area contributed by atoms with E-state index in [1.54, 1.807) is 11.3 Å². The summed E-state index contributed by atoms with van der Waals surface area (Å²) in [6, 6.07) is 4.01. The van der Waals surface area contributed by atoms with Crippen LogP contribution in [0, 0.1) is 0 Å². The SMILES string of the molecule is O=CC/C=C/c1cccs1. The number of aldehydes is 1. The van der Waals surface area contributed by atoms with Crippen molar-refractivity contribution in [1.82, 2.24) is 0 Å². The van der Waals surface area contributed by atoms with Crippen molar-refractivity contribution in [2.45, 2.75) is 6.42 Å². The van der Waals surface area contributed by atoms with Gasteiger partial charge in [0, 0.05) is 11.3 Å². The van der Waals surface area contributed by atoms with Crippen LogP contribution in [0.2, 0.25) is 0 Å². The fourth-order valence-corrected chi connectivity index (χ4v) is 1.27. The van der Waals surface area contributed by atoms with Crippen LogP contribution in [0.5, 0.6) is 0 Å². The molecular formula is C8H8OS. The summed E-state index contributed by atoms with van der Waals surface area (Å²) in [5, 5.41) is 2.01. The summed E-state index contributed by atoms with van der Waals surface area (Å²) in [5.74, 6) is 0. The Hall–Kier alpha value is -0.890. The molecule has 0 spiro atoms. The molecule has 0 saturated carbocycles. The number of thiophene rings is 1. The summed E-state index contributed by atoms with van der Waals surface area (Å²) in [6.45, 7) is 0. The topological polar surface area (TPSA) is 17.1 Å². The van der Waals surface area contributed by atoms with Gasteiger partial charge < -0.3 is 4.79 Å². The molecular weight excluding hydrogens is 144 g/mol. The molecule has 0 fully saturated rings. The number of allylic oxidation sites excluding steroid dienone is 1. The third kappa shape index (κ3) is 2.15. The molecule has 0 saturated heterocycles. The Morgan fingerprint density at radius 1 is 1.60 bits per heavy atom. The van der Waals surface area contributed by atoms with Gasteiger partial charge in [-0.25, -0.2) is 0 Å². The lowest BCUT2D eigenvalue weighted by Crippen LogP contribution is -1.64. The molecule has 1 rings (SSSR count). The molecule has 0 aliphatic rings. The minimum Gasteiger partial charge on any atom is -0.303 e. The van der Waals surface area contributed by atoms with Crippen molar-refractivity contribution in [1.29, 1.82) is 0 Å². The lowest BCUT2D eigenvalue weighted by molar-refractivity contribution is -0.107. The lowest BCUT2D eigenvalue weighted by Gasteiger charge is -1.78. The summed E-state index contributed by atoms with van der Waals surface area (Å²) in [7, 11) is 0. The third-order valence-electron chi connectivity index (χ3n) is 1.06. The van der Waals surface area contributed by atoms with Gasteiger partial charge >= 0.3 is 0 Å². The normalized spacial score (nSPS) is 10.4. The van der Waals surface area contributed by atoms with E-state index in [0.29, 0.717) is 6.42 Å². The lowest BCUT2D eigenvalue weighted by atomic mass is 10.3. The second-order valence-corrected chi connectivity index (χ2v) is 2.80. The molecule has 0 aliphatic heterocycles. The van der Waals surface area contributed by atoms with Crippen LogP contribution in [0.3, 0.4) is 0 Å². The molecule has 0 bridgehead atoms. The smallest absolute Gasteiger partial charge is 0.123 e. The maximum Gasteiger partial charge on any atom is 0.123 e. The fraction of sp³-hybridized carbons (Fsp3) is 0.125. The molecule has 0 N–H and O–H groups in total. The zero-order valence-electron chi connectivity index (χ0n) is 5.49. The van der Waals surface area contributed by atoms with Crippen molar-refractivity contribution >= 4 is 23.7 Å². The molecule has 1 aromatic rings. The zero-order chi connectivity index (χ0) is 7.23.